The average molecular weight is 537 g/mol. The van der Waals surface area contributed by atoms with Crippen LogP contribution in [0.15, 0.2) is 146 Å². The summed E-state index contributed by atoms with van der Waals surface area (Å²) in [4.78, 5) is 8.41. The number of aromatic nitrogens is 2. The number of nitrogens with zero attached hydrogens (tertiary/aromatic N) is 2. The van der Waals surface area contributed by atoms with E-state index in [1.807, 2.05) is 30.9 Å². The molecule has 0 saturated heterocycles. The lowest BCUT2D eigenvalue weighted by Gasteiger charge is -2.17. The summed E-state index contributed by atoms with van der Waals surface area (Å²) in [6, 6.07) is 44.6. The van der Waals surface area contributed by atoms with Gasteiger partial charge in [0.2, 0.25) is 0 Å². The Labute approximate surface area is 245 Å². The first kappa shape index (κ1) is 24.5. The van der Waals surface area contributed by atoms with Crippen molar-refractivity contribution in [2.75, 3.05) is 0 Å². The molecule has 8 rings (SSSR count). The summed E-state index contributed by atoms with van der Waals surface area (Å²) in [5, 5.41) is 7.86. The molecule has 0 bridgehead atoms. The molecule has 0 N–H and O–H groups in total. The predicted octanol–water partition coefficient (Wildman–Crippen LogP) is 9.89. The van der Waals surface area contributed by atoms with Gasteiger partial charge in [0.1, 0.15) is 0 Å². The smallest absolute Gasteiger partial charge is 0.0303 e. The van der Waals surface area contributed by atoms with Crippen LogP contribution in [0.2, 0.25) is 0 Å². The topological polar surface area (TPSA) is 25.8 Å². The van der Waals surface area contributed by atoms with Gasteiger partial charge in [-0.2, -0.15) is 0 Å². The van der Waals surface area contributed by atoms with Crippen molar-refractivity contribution in [2.45, 2.75) is 12.8 Å². The van der Waals surface area contributed by atoms with E-state index in [1.54, 1.807) is 0 Å². The van der Waals surface area contributed by atoms with Crippen LogP contribution in [0.4, 0.5) is 0 Å². The van der Waals surface area contributed by atoms with Crippen LogP contribution in [0, 0.1) is 0 Å². The minimum absolute atomic E-state index is 0.889. The third kappa shape index (κ3) is 4.38. The van der Waals surface area contributed by atoms with Crippen molar-refractivity contribution in [2.24, 2.45) is 0 Å². The van der Waals surface area contributed by atoms with Gasteiger partial charge in [-0.05, 0) is 108 Å². The van der Waals surface area contributed by atoms with Crippen LogP contribution >= 0.6 is 0 Å². The third-order valence-electron chi connectivity index (χ3n) is 8.48. The Morgan fingerprint density at radius 2 is 0.881 bits per heavy atom. The molecule has 0 aliphatic carbocycles. The van der Waals surface area contributed by atoms with Gasteiger partial charge in [0.15, 0.2) is 0 Å². The van der Waals surface area contributed by atoms with E-state index in [4.69, 9.17) is 0 Å². The summed E-state index contributed by atoms with van der Waals surface area (Å²) in [6.07, 6.45) is 9.29. The van der Waals surface area contributed by atoms with Crippen molar-refractivity contribution >= 4 is 32.3 Å². The zero-order valence-corrected chi connectivity index (χ0v) is 23.2. The average Bonchev–Trinajstić information content (AvgIpc) is 3.05. The molecule has 0 unspecified atom stereocenters. The maximum absolute atomic E-state index is 4.26. The number of hydrogen-bond donors (Lipinski definition) is 0. The second kappa shape index (κ2) is 10.2. The van der Waals surface area contributed by atoms with E-state index in [0.717, 1.165) is 12.8 Å². The fraction of sp³-hybridized carbons (Fsp3) is 0.0500. The first-order chi connectivity index (χ1) is 20.8. The van der Waals surface area contributed by atoms with Crippen LogP contribution in [0.1, 0.15) is 22.3 Å². The Kier molecular flexibility index (Phi) is 5.97. The van der Waals surface area contributed by atoms with E-state index in [2.05, 4.69) is 125 Å². The molecular weight excluding hydrogens is 508 g/mol. The monoisotopic (exact) mass is 536 g/mol. The molecule has 2 heteroatoms. The Hall–Kier alpha value is -5.34. The Morgan fingerprint density at radius 3 is 1.40 bits per heavy atom. The highest BCUT2D eigenvalue weighted by Crippen LogP contribution is 2.42. The lowest BCUT2D eigenvalue weighted by molar-refractivity contribution is 1.15. The highest BCUT2D eigenvalue weighted by Gasteiger charge is 2.15. The standard InChI is InChI=1S/C40H28N2/c1-2-30(26-42-21-1)25-28-5-9-32(10-6-28)36-16-12-34-13-17-37-35(15-11-33-14-18-38(36)40(34)39(33)37)31-7-3-27(4-8-31)24-29-19-22-41-23-20-29/h1-23,26H,24-25H2. The third-order valence-corrected chi connectivity index (χ3v) is 8.48. The highest BCUT2D eigenvalue weighted by atomic mass is 14.6. The molecule has 2 aromatic heterocycles. The van der Waals surface area contributed by atoms with Gasteiger partial charge in [0.25, 0.3) is 0 Å². The van der Waals surface area contributed by atoms with Crippen molar-refractivity contribution in [1.29, 1.82) is 0 Å². The molecule has 0 atom stereocenters. The largest absolute Gasteiger partial charge is 0.265 e. The molecule has 198 valence electrons. The predicted molar refractivity (Wildman–Crippen MR) is 175 cm³/mol. The van der Waals surface area contributed by atoms with Crippen LogP contribution in [-0.2, 0) is 12.8 Å². The molecule has 0 aliphatic heterocycles. The van der Waals surface area contributed by atoms with E-state index in [0.29, 0.717) is 0 Å². The van der Waals surface area contributed by atoms with Gasteiger partial charge in [0, 0.05) is 24.8 Å². The van der Waals surface area contributed by atoms with Gasteiger partial charge < -0.3 is 0 Å². The fourth-order valence-electron chi connectivity index (χ4n) is 6.38. The van der Waals surface area contributed by atoms with Gasteiger partial charge in [-0.15, -0.1) is 0 Å². The van der Waals surface area contributed by atoms with Crippen LogP contribution in [0.25, 0.3) is 54.6 Å². The van der Waals surface area contributed by atoms with E-state index in [1.165, 1.54) is 76.8 Å². The number of benzene rings is 6. The number of hydrogen-bond acceptors (Lipinski definition) is 2. The van der Waals surface area contributed by atoms with Crippen LogP contribution in [0.5, 0.6) is 0 Å². The summed E-state index contributed by atoms with van der Waals surface area (Å²) in [5.41, 5.74) is 10.1. The van der Waals surface area contributed by atoms with Crippen molar-refractivity contribution < 1.29 is 0 Å². The molecule has 8 aromatic rings. The van der Waals surface area contributed by atoms with Crippen molar-refractivity contribution in [3.05, 3.63) is 168 Å². The molecular formula is C40H28N2. The number of rotatable bonds is 6. The Balaban J connectivity index is 1.19. The second-order valence-electron chi connectivity index (χ2n) is 11.1. The normalized spacial score (nSPS) is 11.5. The molecule has 0 spiro atoms. The van der Waals surface area contributed by atoms with E-state index in [-0.39, 0.29) is 0 Å². The van der Waals surface area contributed by atoms with Crippen molar-refractivity contribution in [3.63, 3.8) is 0 Å². The summed E-state index contributed by atoms with van der Waals surface area (Å²) in [6.45, 7) is 0. The van der Waals surface area contributed by atoms with Crippen LogP contribution in [-0.4, -0.2) is 9.97 Å². The van der Waals surface area contributed by atoms with Gasteiger partial charge in [0.05, 0.1) is 0 Å². The minimum Gasteiger partial charge on any atom is -0.265 e. The Bertz CT molecular complexity index is 1990. The van der Waals surface area contributed by atoms with Gasteiger partial charge in [-0.25, -0.2) is 0 Å². The molecule has 42 heavy (non-hydrogen) atoms. The zero-order valence-electron chi connectivity index (χ0n) is 23.2. The molecule has 2 heterocycles. The SMILES string of the molecule is c1cncc(Cc2ccc(-c3ccc4ccc5c(-c6ccc(Cc7ccncc7)cc6)ccc6ccc3c4c65)cc2)c1. The maximum atomic E-state index is 4.26. The first-order valence-electron chi connectivity index (χ1n) is 14.5. The lowest BCUT2D eigenvalue weighted by atomic mass is 9.87. The van der Waals surface area contributed by atoms with Crippen molar-refractivity contribution in [3.8, 4) is 22.3 Å². The molecule has 2 nitrogen and oxygen atoms in total. The van der Waals surface area contributed by atoms with Crippen LogP contribution in [0.3, 0.4) is 0 Å². The van der Waals surface area contributed by atoms with E-state index < -0.39 is 0 Å². The minimum atomic E-state index is 0.889. The van der Waals surface area contributed by atoms with E-state index in [9.17, 15) is 0 Å². The van der Waals surface area contributed by atoms with Gasteiger partial charge >= 0.3 is 0 Å². The van der Waals surface area contributed by atoms with E-state index >= 15 is 0 Å². The molecule has 6 aromatic carbocycles. The van der Waals surface area contributed by atoms with Gasteiger partial charge in [-0.1, -0.05) is 103 Å². The quantitative estimate of drug-likeness (QED) is 0.198. The molecule has 0 radical (unpaired) electrons. The zero-order chi connectivity index (χ0) is 27.9. The summed E-state index contributed by atoms with van der Waals surface area (Å²) < 4.78 is 0. The summed E-state index contributed by atoms with van der Waals surface area (Å²) in [5.74, 6) is 0. The molecule has 0 aliphatic rings. The fourth-order valence-corrected chi connectivity index (χ4v) is 6.38. The molecule has 0 amide bonds. The van der Waals surface area contributed by atoms with Crippen LogP contribution < -0.4 is 0 Å². The molecule has 0 saturated carbocycles. The number of pyridine rings is 2. The summed E-state index contributed by atoms with van der Waals surface area (Å²) in [7, 11) is 0. The first-order valence-corrected chi connectivity index (χ1v) is 14.5. The Morgan fingerprint density at radius 1 is 0.381 bits per heavy atom. The summed E-state index contributed by atoms with van der Waals surface area (Å²) >= 11 is 0. The molecule has 0 fully saturated rings. The van der Waals surface area contributed by atoms with Crippen molar-refractivity contribution in [1.82, 2.24) is 9.97 Å². The maximum Gasteiger partial charge on any atom is 0.0303 e. The van der Waals surface area contributed by atoms with Gasteiger partial charge in [-0.3, -0.25) is 9.97 Å². The lowest BCUT2D eigenvalue weighted by Crippen LogP contribution is -1.91. The highest BCUT2D eigenvalue weighted by molar-refractivity contribution is 6.27. The second-order valence-corrected chi connectivity index (χ2v) is 11.1.